The van der Waals surface area contributed by atoms with E-state index in [2.05, 4.69) is 0 Å². The molecule has 6 heteroatoms. The van der Waals surface area contributed by atoms with E-state index in [9.17, 15) is 18.0 Å². The Hall–Kier alpha value is -1.69. The zero-order valence-electron chi connectivity index (χ0n) is 17.1. The van der Waals surface area contributed by atoms with E-state index in [-0.39, 0.29) is 17.1 Å². The molecule has 0 radical (unpaired) electrons. The fourth-order valence-corrected chi connectivity index (χ4v) is 5.73. The molecule has 1 fully saturated rings. The van der Waals surface area contributed by atoms with Gasteiger partial charge in [-0.05, 0) is 76.0 Å². The number of sulfone groups is 1. The van der Waals surface area contributed by atoms with Crippen molar-refractivity contribution in [1.82, 2.24) is 4.90 Å². The van der Waals surface area contributed by atoms with Crippen molar-refractivity contribution in [2.75, 3.05) is 12.3 Å². The molecule has 1 saturated carbocycles. The molecular weight excluding hydrogens is 374 g/mol. The van der Waals surface area contributed by atoms with Crippen LogP contribution in [0, 0.1) is 11.8 Å². The summed E-state index contributed by atoms with van der Waals surface area (Å²) in [5.74, 6) is 0.856. The molecular formula is C22H31NO4S. The maximum atomic E-state index is 12.4. The fraction of sp³-hybridized carbons (Fsp3) is 0.636. The van der Waals surface area contributed by atoms with Crippen LogP contribution in [-0.4, -0.2) is 42.7 Å². The third-order valence-electron chi connectivity index (χ3n) is 6.35. The van der Waals surface area contributed by atoms with Crippen LogP contribution in [0.2, 0.25) is 0 Å². The van der Waals surface area contributed by atoms with Crippen LogP contribution in [0.3, 0.4) is 0 Å². The number of benzene rings is 1. The predicted octanol–water partition coefficient (Wildman–Crippen LogP) is 3.86. The molecule has 1 aliphatic carbocycles. The number of amides is 2. The average Bonchev–Trinajstić information content (AvgIpc) is 2.90. The van der Waals surface area contributed by atoms with E-state index in [0.29, 0.717) is 35.3 Å². The summed E-state index contributed by atoms with van der Waals surface area (Å²) in [5, 5.41) is -0.289. The summed E-state index contributed by atoms with van der Waals surface area (Å²) in [5.41, 5.74) is 2.15. The molecule has 154 valence electrons. The Bertz CT molecular complexity index is 851. The smallest absolute Gasteiger partial charge is 0.261 e. The summed E-state index contributed by atoms with van der Waals surface area (Å²) >= 11 is 0. The van der Waals surface area contributed by atoms with Crippen LogP contribution in [0.5, 0.6) is 0 Å². The van der Waals surface area contributed by atoms with Gasteiger partial charge in [0, 0.05) is 6.54 Å². The van der Waals surface area contributed by atoms with Crippen molar-refractivity contribution in [2.45, 2.75) is 64.5 Å². The highest BCUT2D eigenvalue weighted by molar-refractivity contribution is 7.91. The number of hydrogen-bond acceptors (Lipinski definition) is 4. The molecule has 0 bridgehead atoms. The van der Waals surface area contributed by atoms with Gasteiger partial charge in [0.15, 0.2) is 9.84 Å². The lowest BCUT2D eigenvalue weighted by molar-refractivity contribution is 0.0663. The van der Waals surface area contributed by atoms with Crippen LogP contribution in [0.1, 0.15) is 79.2 Å². The third-order valence-corrected chi connectivity index (χ3v) is 8.72. The first kappa shape index (κ1) is 21.0. The first-order valence-electron chi connectivity index (χ1n) is 10.4. The SMILES string of the molecule is CCN1C(=O)c2ccc(CCC3CCC(CS(=O)(=O)C(C)C)CC3)cc2C1=O. The lowest BCUT2D eigenvalue weighted by Gasteiger charge is -2.28. The zero-order valence-corrected chi connectivity index (χ0v) is 17.9. The van der Waals surface area contributed by atoms with Gasteiger partial charge in [0.05, 0.1) is 22.1 Å². The van der Waals surface area contributed by atoms with Gasteiger partial charge in [-0.25, -0.2) is 8.42 Å². The maximum Gasteiger partial charge on any atom is 0.261 e. The van der Waals surface area contributed by atoms with Crippen molar-refractivity contribution < 1.29 is 18.0 Å². The summed E-state index contributed by atoms with van der Waals surface area (Å²) in [7, 11) is -2.96. The Labute approximate surface area is 168 Å². The second-order valence-electron chi connectivity index (χ2n) is 8.54. The Kier molecular flexibility index (Phi) is 6.28. The summed E-state index contributed by atoms with van der Waals surface area (Å²) in [6, 6.07) is 5.63. The number of fused-ring (bicyclic) bond motifs is 1. The number of nitrogens with zero attached hydrogens (tertiary/aromatic N) is 1. The van der Waals surface area contributed by atoms with Crippen LogP contribution >= 0.6 is 0 Å². The molecule has 1 aromatic rings. The van der Waals surface area contributed by atoms with Gasteiger partial charge in [-0.3, -0.25) is 14.5 Å². The number of carbonyl (C=O) groups excluding carboxylic acids is 2. The van der Waals surface area contributed by atoms with Crippen molar-refractivity contribution in [3.8, 4) is 0 Å². The van der Waals surface area contributed by atoms with Crippen LogP contribution in [0.4, 0.5) is 0 Å². The Morgan fingerprint density at radius 3 is 2.21 bits per heavy atom. The first-order valence-corrected chi connectivity index (χ1v) is 12.1. The van der Waals surface area contributed by atoms with E-state index >= 15 is 0 Å². The van der Waals surface area contributed by atoms with E-state index in [1.54, 1.807) is 19.9 Å². The lowest BCUT2D eigenvalue weighted by atomic mass is 9.80. The molecule has 1 aromatic carbocycles. The van der Waals surface area contributed by atoms with E-state index in [1.807, 2.05) is 19.1 Å². The topological polar surface area (TPSA) is 71.5 Å². The second kappa shape index (κ2) is 8.36. The molecule has 1 heterocycles. The van der Waals surface area contributed by atoms with Crippen LogP contribution in [0.25, 0.3) is 0 Å². The van der Waals surface area contributed by atoms with Gasteiger partial charge in [0.25, 0.3) is 11.8 Å². The minimum atomic E-state index is -2.96. The van der Waals surface area contributed by atoms with Gasteiger partial charge in [-0.2, -0.15) is 0 Å². The minimum absolute atomic E-state index is 0.184. The largest absolute Gasteiger partial charge is 0.275 e. The monoisotopic (exact) mass is 405 g/mol. The van der Waals surface area contributed by atoms with Crippen molar-refractivity contribution in [2.24, 2.45) is 11.8 Å². The summed E-state index contributed by atoms with van der Waals surface area (Å²) in [6.45, 7) is 5.73. The van der Waals surface area contributed by atoms with Gasteiger partial charge >= 0.3 is 0 Å². The normalized spacial score (nSPS) is 22.8. The first-order chi connectivity index (χ1) is 13.2. The minimum Gasteiger partial charge on any atom is -0.275 e. The quantitative estimate of drug-likeness (QED) is 0.646. The van der Waals surface area contributed by atoms with Gasteiger partial charge in [0.2, 0.25) is 0 Å². The third kappa shape index (κ3) is 4.32. The van der Waals surface area contributed by atoms with Crippen molar-refractivity contribution in [3.63, 3.8) is 0 Å². The van der Waals surface area contributed by atoms with Crippen molar-refractivity contribution >= 4 is 21.7 Å². The second-order valence-corrected chi connectivity index (χ2v) is 11.1. The van der Waals surface area contributed by atoms with Crippen LogP contribution in [-0.2, 0) is 16.3 Å². The summed E-state index contributed by atoms with van der Waals surface area (Å²) in [4.78, 5) is 25.8. The van der Waals surface area contributed by atoms with Gasteiger partial charge in [0.1, 0.15) is 0 Å². The predicted molar refractivity (Wildman–Crippen MR) is 110 cm³/mol. The van der Waals surface area contributed by atoms with E-state index < -0.39 is 9.84 Å². The number of carbonyl (C=O) groups is 2. The highest BCUT2D eigenvalue weighted by atomic mass is 32.2. The zero-order chi connectivity index (χ0) is 20.5. The van der Waals surface area contributed by atoms with Gasteiger partial charge in [-0.15, -0.1) is 0 Å². The molecule has 5 nitrogen and oxygen atoms in total. The molecule has 1 aliphatic heterocycles. The Balaban J connectivity index is 1.52. The maximum absolute atomic E-state index is 12.4. The highest BCUT2D eigenvalue weighted by Crippen LogP contribution is 2.33. The van der Waals surface area contributed by atoms with Crippen molar-refractivity contribution in [1.29, 1.82) is 0 Å². The molecule has 2 aliphatic rings. The summed E-state index contributed by atoms with van der Waals surface area (Å²) < 4.78 is 24.2. The molecule has 0 saturated heterocycles. The molecule has 0 unspecified atom stereocenters. The van der Waals surface area contributed by atoms with Gasteiger partial charge < -0.3 is 0 Å². The molecule has 0 aromatic heterocycles. The molecule has 0 N–H and O–H groups in total. The average molecular weight is 406 g/mol. The molecule has 2 amide bonds. The van der Waals surface area contributed by atoms with Crippen molar-refractivity contribution in [3.05, 3.63) is 34.9 Å². The number of imide groups is 1. The van der Waals surface area contributed by atoms with E-state index in [4.69, 9.17) is 0 Å². The number of hydrogen-bond donors (Lipinski definition) is 0. The molecule has 0 atom stereocenters. The molecule has 0 spiro atoms. The lowest BCUT2D eigenvalue weighted by Crippen LogP contribution is -2.29. The fourth-order valence-electron chi connectivity index (χ4n) is 4.36. The van der Waals surface area contributed by atoms with Crippen LogP contribution < -0.4 is 0 Å². The van der Waals surface area contributed by atoms with E-state index in [0.717, 1.165) is 44.1 Å². The number of rotatable bonds is 7. The molecule has 3 rings (SSSR count). The van der Waals surface area contributed by atoms with Crippen LogP contribution in [0.15, 0.2) is 18.2 Å². The Morgan fingerprint density at radius 2 is 1.61 bits per heavy atom. The molecule has 28 heavy (non-hydrogen) atoms. The van der Waals surface area contributed by atoms with Gasteiger partial charge in [-0.1, -0.05) is 18.9 Å². The standard InChI is InChI=1S/C22H31NO4S/c1-4-23-21(24)19-12-11-17(13-20(19)22(23)25)8-5-16-6-9-18(10-7-16)14-28(26,27)15(2)3/h11-13,15-16,18H,4-10,14H2,1-3H3. The van der Waals surface area contributed by atoms with E-state index in [1.165, 1.54) is 4.90 Å². The summed E-state index contributed by atoms with van der Waals surface area (Å²) in [6.07, 6.45) is 6.05. The number of aryl methyl sites for hydroxylation is 1. The Morgan fingerprint density at radius 1 is 1.00 bits per heavy atom. The highest BCUT2D eigenvalue weighted by Gasteiger charge is 2.34.